The second kappa shape index (κ2) is 7.04. The summed E-state index contributed by atoms with van der Waals surface area (Å²) in [7, 11) is 0. The predicted molar refractivity (Wildman–Crippen MR) is 104 cm³/mol. The van der Waals surface area contributed by atoms with E-state index in [0.29, 0.717) is 33.9 Å². The van der Waals surface area contributed by atoms with E-state index in [1.807, 2.05) is 27.7 Å². The Morgan fingerprint density at radius 2 is 2.00 bits per heavy atom. The predicted octanol–water partition coefficient (Wildman–Crippen LogP) is 5.65. The van der Waals surface area contributed by atoms with Gasteiger partial charge in [-0.2, -0.15) is 0 Å². The van der Waals surface area contributed by atoms with E-state index in [9.17, 15) is 9.18 Å². The molecule has 4 nitrogen and oxygen atoms in total. The zero-order valence-electron chi connectivity index (χ0n) is 15.8. The summed E-state index contributed by atoms with van der Waals surface area (Å²) in [5.41, 5.74) is 7.55. The zero-order chi connectivity index (χ0) is 19.9. The van der Waals surface area contributed by atoms with E-state index in [-0.39, 0.29) is 11.5 Å². The fraction of sp³-hybridized carbons (Fsp3) is 0.381. The lowest BCUT2D eigenvalue weighted by atomic mass is 9.87. The van der Waals surface area contributed by atoms with Crippen LogP contribution >= 0.6 is 11.6 Å². The van der Waals surface area contributed by atoms with E-state index >= 15 is 0 Å². The van der Waals surface area contributed by atoms with Crippen molar-refractivity contribution in [2.45, 2.75) is 46.3 Å². The van der Waals surface area contributed by atoms with E-state index in [1.165, 1.54) is 6.07 Å². The molecule has 0 unspecified atom stereocenters. The van der Waals surface area contributed by atoms with Gasteiger partial charge in [0.05, 0.1) is 11.1 Å². The van der Waals surface area contributed by atoms with Gasteiger partial charge in [0.25, 0.3) is 0 Å². The number of primary amides is 1. The number of nitrogens with two attached hydrogens (primary N) is 1. The maximum absolute atomic E-state index is 14.9. The first-order valence-corrected chi connectivity index (χ1v) is 9.21. The van der Waals surface area contributed by atoms with Crippen molar-refractivity contribution in [2.75, 3.05) is 0 Å². The molecule has 3 rings (SSSR count). The van der Waals surface area contributed by atoms with E-state index in [4.69, 9.17) is 26.8 Å². The van der Waals surface area contributed by atoms with Gasteiger partial charge >= 0.3 is 6.09 Å². The lowest BCUT2D eigenvalue weighted by Gasteiger charge is -2.26. The summed E-state index contributed by atoms with van der Waals surface area (Å²) in [4.78, 5) is 11.3. The smallest absolute Gasteiger partial charge is 0.405 e. The molecule has 27 heavy (non-hydrogen) atoms. The maximum atomic E-state index is 14.9. The van der Waals surface area contributed by atoms with Gasteiger partial charge in [0.1, 0.15) is 17.7 Å². The number of benzene rings is 2. The highest BCUT2D eigenvalue weighted by atomic mass is 35.5. The number of fused-ring (bicyclic) bond motifs is 1. The quantitative estimate of drug-likeness (QED) is 0.732. The highest BCUT2D eigenvalue weighted by molar-refractivity contribution is 6.32. The summed E-state index contributed by atoms with van der Waals surface area (Å²) in [6, 6.07) is 8.44. The maximum Gasteiger partial charge on any atom is 0.405 e. The van der Waals surface area contributed by atoms with Crippen LogP contribution in [0, 0.1) is 11.2 Å². The molecule has 2 N–H and O–H groups in total. The molecule has 0 fully saturated rings. The molecule has 0 bridgehead atoms. The van der Waals surface area contributed by atoms with Crippen LogP contribution in [0.3, 0.4) is 0 Å². The Balaban J connectivity index is 2.05. The van der Waals surface area contributed by atoms with Gasteiger partial charge in [-0.25, -0.2) is 9.18 Å². The van der Waals surface area contributed by atoms with Crippen molar-refractivity contribution >= 4 is 17.7 Å². The average molecular weight is 392 g/mol. The van der Waals surface area contributed by atoms with Gasteiger partial charge in [0.2, 0.25) is 0 Å². The van der Waals surface area contributed by atoms with E-state index in [1.54, 1.807) is 24.3 Å². The highest BCUT2D eigenvalue weighted by Gasteiger charge is 2.42. The molecule has 1 aliphatic rings. The molecule has 6 heteroatoms. The number of hydrogen-bond donors (Lipinski definition) is 1. The molecule has 1 atom stereocenters. The molecule has 0 spiro atoms. The second-order valence-electron chi connectivity index (χ2n) is 7.82. The SMILES string of the molecule is CC(C)Oc1cc(-c2cc3c(cc2F)[C@H](OC(N)=O)C(C)(C)C3)ccc1Cl. The minimum absolute atomic E-state index is 0.0462. The first-order chi connectivity index (χ1) is 12.6. The number of halogens is 2. The number of carbonyl (C=O) groups excluding carboxylic acids is 1. The molecule has 2 aromatic rings. The summed E-state index contributed by atoms with van der Waals surface area (Å²) in [5, 5.41) is 0.477. The summed E-state index contributed by atoms with van der Waals surface area (Å²) < 4.78 is 25.9. The normalized spacial score (nSPS) is 17.7. The number of ether oxygens (including phenoxy) is 2. The third-order valence-corrected chi connectivity index (χ3v) is 5.02. The molecule has 0 aliphatic heterocycles. The highest BCUT2D eigenvalue weighted by Crippen LogP contribution is 2.49. The Morgan fingerprint density at radius 1 is 1.30 bits per heavy atom. The molecular formula is C21H23ClFNO3. The van der Waals surface area contributed by atoms with Gasteiger partial charge in [-0.15, -0.1) is 0 Å². The van der Waals surface area contributed by atoms with Crippen LogP contribution in [0.15, 0.2) is 30.3 Å². The van der Waals surface area contributed by atoms with E-state index in [2.05, 4.69) is 0 Å². The average Bonchev–Trinajstić information content (AvgIpc) is 2.78. The van der Waals surface area contributed by atoms with Crippen LogP contribution in [0.4, 0.5) is 9.18 Å². The molecule has 1 amide bonds. The topological polar surface area (TPSA) is 61.6 Å². The number of hydrogen-bond acceptors (Lipinski definition) is 3. The largest absolute Gasteiger partial charge is 0.489 e. The first kappa shape index (κ1) is 19.5. The van der Waals surface area contributed by atoms with Crippen molar-refractivity contribution in [3.05, 3.63) is 52.3 Å². The fourth-order valence-corrected chi connectivity index (χ4v) is 3.77. The molecule has 0 saturated heterocycles. The van der Waals surface area contributed by atoms with E-state index < -0.39 is 18.0 Å². The number of rotatable bonds is 4. The fourth-order valence-electron chi connectivity index (χ4n) is 3.61. The summed E-state index contributed by atoms with van der Waals surface area (Å²) in [5.74, 6) is 0.113. The standard InChI is InChI=1S/C21H23ClFNO3/c1-11(2)26-18-8-12(5-6-16(18)22)14-7-13-10-21(3,4)19(27-20(24)25)15(13)9-17(14)23/h5-9,11,19H,10H2,1-4H3,(H2,24,25)/t19-/m0/s1. The molecule has 0 heterocycles. The van der Waals surface area contributed by atoms with Crippen molar-refractivity contribution in [1.29, 1.82) is 0 Å². The van der Waals surface area contributed by atoms with Crippen molar-refractivity contribution in [3.8, 4) is 16.9 Å². The van der Waals surface area contributed by atoms with Crippen LogP contribution in [-0.4, -0.2) is 12.2 Å². The third-order valence-electron chi connectivity index (χ3n) is 4.71. The zero-order valence-corrected chi connectivity index (χ0v) is 16.6. The number of carbonyl (C=O) groups is 1. The van der Waals surface area contributed by atoms with Gasteiger partial charge in [0.15, 0.2) is 0 Å². The molecule has 2 aromatic carbocycles. The van der Waals surface area contributed by atoms with Gasteiger partial charge in [-0.1, -0.05) is 31.5 Å². The van der Waals surface area contributed by atoms with Crippen molar-refractivity contribution in [2.24, 2.45) is 11.1 Å². The van der Waals surface area contributed by atoms with Gasteiger partial charge < -0.3 is 15.2 Å². The Morgan fingerprint density at radius 3 is 2.63 bits per heavy atom. The van der Waals surface area contributed by atoms with Crippen molar-refractivity contribution < 1.29 is 18.7 Å². The lowest BCUT2D eigenvalue weighted by molar-refractivity contribution is 0.0391. The molecule has 0 aromatic heterocycles. The van der Waals surface area contributed by atoms with Crippen LogP contribution in [-0.2, 0) is 11.2 Å². The Kier molecular flexibility index (Phi) is 5.08. The third kappa shape index (κ3) is 3.88. The molecule has 1 aliphatic carbocycles. The van der Waals surface area contributed by atoms with Gasteiger partial charge in [-0.05, 0) is 61.2 Å². The lowest BCUT2D eigenvalue weighted by Crippen LogP contribution is -2.25. The summed E-state index contributed by atoms with van der Waals surface area (Å²) >= 11 is 6.19. The van der Waals surface area contributed by atoms with Crippen LogP contribution in [0.5, 0.6) is 5.75 Å². The Bertz CT molecular complexity index is 895. The first-order valence-electron chi connectivity index (χ1n) is 8.83. The van der Waals surface area contributed by atoms with Crippen LogP contribution < -0.4 is 10.5 Å². The summed E-state index contributed by atoms with van der Waals surface area (Å²) in [6.07, 6.45) is -0.830. The van der Waals surface area contributed by atoms with E-state index in [0.717, 1.165) is 5.56 Å². The number of amides is 1. The Labute approximate surface area is 163 Å². The molecule has 0 saturated carbocycles. The molecular weight excluding hydrogens is 369 g/mol. The summed E-state index contributed by atoms with van der Waals surface area (Å²) in [6.45, 7) is 7.74. The van der Waals surface area contributed by atoms with Crippen LogP contribution in [0.2, 0.25) is 5.02 Å². The van der Waals surface area contributed by atoms with Crippen LogP contribution in [0.25, 0.3) is 11.1 Å². The minimum Gasteiger partial charge on any atom is -0.489 e. The van der Waals surface area contributed by atoms with Crippen molar-refractivity contribution in [1.82, 2.24) is 0 Å². The van der Waals surface area contributed by atoms with Gasteiger partial charge in [0, 0.05) is 11.0 Å². The van der Waals surface area contributed by atoms with Gasteiger partial charge in [-0.3, -0.25) is 0 Å². The Hall–Kier alpha value is -2.27. The minimum atomic E-state index is -0.862. The second-order valence-corrected chi connectivity index (χ2v) is 8.23. The monoisotopic (exact) mass is 391 g/mol. The molecule has 0 radical (unpaired) electrons. The van der Waals surface area contributed by atoms with Crippen LogP contribution in [0.1, 0.15) is 44.9 Å². The van der Waals surface area contributed by atoms with Crippen molar-refractivity contribution in [3.63, 3.8) is 0 Å². The molecule has 144 valence electrons.